The summed E-state index contributed by atoms with van der Waals surface area (Å²) in [7, 11) is 3.39. The van der Waals surface area contributed by atoms with Crippen LogP contribution in [0.4, 0.5) is 4.39 Å². The van der Waals surface area contributed by atoms with Gasteiger partial charge in [0.05, 0.1) is 24.7 Å². The van der Waals surface area contributed by atoms with E-state index in [1.807, 2.05) is 12.1 Å². The number of H-pyrrole nitrogens is 1. The van der Waals surface area contributed by atoms with Gasteiger partial charge in [0.1, 0.15) is 17.4 Å². The van der Waals surface area contributed by atoms with E-state index in [0.717, 1.165) is 37.2 Å². The molecule has 29 heavy (non-hydrogen) atoms. The van der Waals surface area contributed by atoms with Gasteiger partial charge < -0.3 is 19.9 Å². The predicted octanol–water partition coefficient (Wildman–Crippen LogP) is 3.13. The summed E-state index contributed by atoms with van der Waals surface area (Å²) in [5, 5.41) is 3.38. The highest BCUT2D eigenvalue weighted by Crippen LogP contribution is 2.26. The van der Waals surface area contributed by atoms with E-state index in [4.69, 9.17) is 4.74 Å². The number of ether oxygens (including phenoxy) is 1. The second-order valence-electron chi connectivity index (χ2n) is 7.60. The molecule has 1 amide bonds. The van der Waals surface area contributed by atoms with Crippen LogP contribution < -0.4 is 10.1 Å². The van der Waals surface area contributed by atoms with Gasteiger partial charge in [0.2, 0.25) is 0 Å². The number of halogens is 1. The van der Waals surface area contributed by atoms with Gasteiger partial charge in [-0.3, -0.25) is 4.79 Å². The van der Waals surface area contributed by atoms with Crippen LogP contribution in [0.1, 0.15) is 28.2 Å². The molecular weight excluding hydrogens is 371 g/mol. The average Bonchev–Trinajstić information content (AvgIpc) is 3.36. The molecule has 0 aliphatic carbocycles. The molecule has 3 aromatic rings. The molecule has 0 bridgehead atoms. The molecule has 152 valence electrons. The van der Waals surface area contributed by atoms with Crippen molar-refractivity contribution < 1.29 is 13.9 Å². The summed E-state index contributed by atoms with van der Waals surface area (Å²) >= 11 is 0. The highest BCUT2D eigenvalue weighted by Gasteiger charge is 2.20. The van der Waals surface area contributed by atoms with Crippen LogP contribution in [-0.4, -0.2) is 48.0 Å². The van der Waals surface area contributed by atoms with Gasteiger partial charge in [0.25, 0.3) is 5.91 Å². The van der Waals surface area contributed by atoms with Gasteiger partial charge in [-0.2, -0.15) is 0 Å². The quantitative estimate of drug-likeness (QED) is 0.672. The Kier molecular flexibility index (Phi) is 5.49. The second-order valence-corrected chi connectivity index (χ2v) is 7.60. The Morgan fingerprint density at radius 2 is 2.17 bits per heavy atom. The minimum Gasteiger partial charge on any atom is -0.496 e. The fraction of sp³-hybridized carbons (Fsp3) is 0.364. The standard InChI is InChI=1S/C22H25FN4O2/c1-27(13-21-25-18-5-4-17(23)11-19(18)26-21)22(28)15-3-6-20(29-2)16(10-15)9-14-7-8-24-12-14/h3-6,10-11,14,24H,7-9,12-13H2,1-2H3,(H,25,26). The van der Waals surface area contributed by atoms with E-state index in [9.17, 15) is 9.18 Å². The molecule has 4 rings (SSSR count). The number of benzene rings is 2. The molecule has 2 aromatic carbocycles. The molecule has 1 atom stereocenters. The van der Waals surface area contributed by atoms with Crippen LogP contribution in [0, 0.1) is 11.7 Å². The van der Waals surface area contributed by atoms with Crippen LogP contribution in [0.25, 0.3) is 11.0 Å². The Balaban J connectivity index is 1.51. The van der Waals surface area contributed by atoms with E-state index in [1.54, 1.807) is 31.2 Å². The fourth-order valence-corrected chi connectivity index (χ4v) is 3.90. The van der Waals surface area contributed by atoms with Crippen LogP contribution in [-0.2, 0) is 13.0 Å². The maximum atomic E-state index is 13.4. The maximum absolute atomic E-state index is 13.4. The van der Waals surface area contributed by atoms with Crippen molar-refractivity contribution in [3.8, 4) is 5.75 Å². The fourth-order valence-electron chi connectivity index (χ4n) is 3.90. The Bertz CT molecular complexity index is 1030. The van der Waals surface area contributed by atoms with Crippen molar-refractivity contribution in [2.75, 3.05) is 27.2 Å². The minimum absolute atomic E-state index is 0.0925. The first-order chi connectivity index (χ1) is 14.0. The minimum atomic E-state index is -0.319. The molecule has 6 nitrogen and oxygen atoms in total. The lowest BCUT2D eigenvalue weighted by molar-refractivity contribution is 0.0782. The molecule has 1 fully saturated rings. The zero-order chi connectivity index (χ0) is 20.4. The molecule has 1 saturated heterocycles. The van der Waals surface area contributed by atoms with Crippen LogP contribution in [0.5, 0.6) is 5.75 Å². The van der Waals surface area contributed by atoms with Crippen molar-refractivity contribution in [3.05, 3.63) is 59.2 Å². The molecule has 1 unspecified atom stereocenters. The zero-order valence-corrected chi connectivity index (χ0v) is 16.7. The highest BCUT2D eigenvalue weighted by molar-refractivity contribution is 5.94. The summed E-state index contributed by atoms with van der Waals surface area (Å²) in [5.41, 5.74) is 2.98. The van der Waals surface area contributed by atoms with E-state index in [0.29, 0.717) is 34.9 Å². The van der Waals surface area contributed by atoms with Crippen molar-refractivity contribution >= 4 is 16.9 Å². The molecule has 0 saturated carbocycles. The van der Waals surface area contributed by atoms with Gasteiger partial charge in [-0.25, -0.2) is 9.37 Å². The normalized spacial score (nSPS) is 16.3. The van der Waals surface area contributed by atoms with Crippen LogP contribution in [0.3, 0.4) is 0 Å². The number of methoxy groups -OCH3 is 1. The van der Waals surface area contributed by atoms with E-state index in [1.165, 1.54) is 12.1 Å². The summed E-state index contributed by atoms with van der Waals surface area (Å²) < 4.78 is 18.9. The van der Waals surface area contributed by atoms with E-state index in [-0.39, 0.29) is 11.7 Å². The molecule has 1 aromatic heterocycles. The molecule has 2 heterocycles. The number of carbonyl (C=O) groups is 1. The van der Waals surface area contributed by atoms with Gasteiger partial charge in [-0.15, -0.1) is 0 Å². The van der Waals surface area contributed by atoms with Crippen LogP contribution in [0.2, 0.25) is 0 Å². The number of aromatic amines is 1. The van der Waals surface area contributed by atoms with Gasteiger partial charge in [0, 0.05) is 12.6 Å². The third-order valence-corrected chi connectivity index (χ3v) is 5.42. The van der Waals surface area contributed by atoms with Crippen molar-refractivity contribution in [1.29, 1.82) is 0 Å². The third kappa shape index (κ3) is 4.24. The number of nitrogens with zero attached hydrogens (tertiary/aromatic N) is 2. The second kappa shape index (κ2) is 8.21. The monoisotopic (exact) mass is 396 g/mol. The summed E-state index contributed by atoms with van der Waals surface area (Å²) in [6.45, 7) is 2.34. The topological polar surface area (TPSA) is 70.2 Å². The smallest absolute Gasteiger partial charge is 0.254 e. The Labute approximate surface area is 169 Å². The van der Waals surface area contributed by atoms with E-state index >= 15 is 0 Å². The Morgan fingerprint density at radius 3 is 2.93 bits per heavy atom. The molecule has 0 radical (unpaired) electrons. The summed E-state index contributed by atoms with van der Waals surface area (Å²) in [5.74, 6) is 1.58. The lowest BCUT2D eigenvalue weighted by Crippen LogP contribution is -2.27. The molecule has 1 aliphatic heterocycles. The number of amides is 1. The Morgan fingerprint density at radius 1 is 1.31 bits per heavy atom. The number of fused-ring (bicyclic) bond motifs is 1. The van der Waals surface area contributed by atoms with Gasteiger partial charge >= 0.3 is 0 Å². The first-order valence-corrected chi connectivity index (χ1v) is 9.80. The van der Waals surface area contributed by atoms with Crippen molar-refractivity contribution in [2.45, 2.75) is 19.4 Å². The van der Waals surface area contributed by atoms with E-state index < -0.39 is 0 Å². The number of hydrogen-bond acceptors (Lipinski definition) is 4. The largest absolute Gasteiger partial charge is 0.496 e. The summed E-state index contributed by atoms with van der Waals surface area (Å²) in [6.07, 6.45) is 2.02. The zero-order valence-electron chi connectivity index (χ0n) is 16.7. The summed E-state index contributed by atoms with van der Waals surface area (Å²) in [4.78, 5) is 22.1. The SMILES string of the molecule is COc1ccc(C(=O)N(C)Cc2nc3ccc(F)cc3[nH]2)cc1CC1CCNC1. The first kappa shape index (κ1) is 19.4. The third-order valence-electron chi connectivity index (χ3n) is 5.42. The number of rotatable bonds is 6. The van der Waals surface area contributed by atoms with E-state index in [2.05, 4.69) is 15.3 Å². The van der Waals surface area contributed by atoms with Crippen LogP contribution >= 0.6 is 0 Å². The first-order valence-electron chi connectivity index (χ1n) is 9.80. The number of hydrogen-bond donors (Lipinski definition) is 2. The van der Waals surface area contributed by atoms with Gasteiger partial charge in [0.15, 0.2) is 0 Å². The van der Waals surface area contributed by atoms with Crippen molar-refractivity contribution in [2.24, 2.45) is 5.92 Å². The average molecular weight is 396 g/mol. The van der Waals surface area contributed by atoms with Gasteiger partial charge in [-0.05, 0) is 73.8 Å². The maximum Gasteiger partial charge on any atom is 0.254 e. The van der Waals surface area contributed by atoms with Crippen LogP contribution in [0.15, 0.2) is 36.4 Å². The number of imidazole rings is 1. The lowest BCUT2D eigenvalue weighted by atomic mass is 9.96. The number of carbonyl (C=O) groups excluding carboxylic acids is 1. The molecule has 1 aliphatic rings. The number of aromatic nitrogens is 2. The molecule has 0 spiro atoms. The molecular formula is C22H25FN4O2. The van der Waals surface area contributed by atoms with Crippen molar-refractivity contribution in [3.63, 3.8) is 0 Å². The molecule has 2 N–H and O–H groups in total. The molecule has 7 heteroatoms. The number of nitrogens with one attached hydrogen (secondary N) is 2. The highest BCUT2D eigenvalue weighted by atomic mass is 19.1. The van der Waals surface area contributed by atoms with Gasteiger partial charge in [-0.1, -0.05) is 0 Å². The predicted molar refractivity (Wildman–Crippen MR) is 110 cm³/mol. The van der Waals surface area contributed by atoms with Crippen molar-refractivity contribution in [1.82, 2.24) is 20.2 Å². The Hall–Kier alpha value is -2.93. The summed E-state index contributed by atoms with van der Waals surface area (Å²) in [6, 6.07) is 10.00. The lowest BCUT2D eigenvalue weighted by Gasteiger charge is -2.18.